The first-order chi connectivity index (χ1) is 10.1. The van der Waals surface area contributed by atoms with Gasteiger partial charge in [-0.1, -0.05) is 25.3 Å². The van der Waals surface area contributed by atoms with E-state index in [-0.39, 0.29) is 22.9 Å². The molecule has 1 atom stereocenters. The highest BCUT2D eigenvalue weighted by Gasteiger charge is 2.41. The number of hydrogen-bond acceptors (Lipinski definition) is 2. The van der Waals surface area contributed by atoms with E-state index >= 15 is 0 Å². The summed E-state index contributed by atoms with van der Waals surface area (Å²) in [4.78, 5) is 12.7. The van der Waals surface area contributed by atoms with E-state index in [9.17, 15) is 9.18 Å². The Kier molecular flexibility index (Phi) is 4.46. The largest absolute Gasteiger partial charge is 0.375 e. The maximum Gasteiger partial charge on any atom is 0.170 e. The molecule has 2 fully saturated rings. The average molecular weight is 355 g/mol. The zero-order chi connectivity index (χ0) is 14.9. The molecule has 3 rings (SSSR count). The first kappa shape index (κ1) is 15.2. The number of carbonyl (C=O) groups is 1. The van der Waals surface area contributed by atoms with Crippen molar-refractivity contribution < 1.29 is 13.9 Å². The fourth-order valence-electron chi connectivity index (χ4n) is 3.73. The molecule has 1 aliphatic carbocycles. The van der Waals surface area contributed by atoms with Crippen LogP contribution in [0.4, 0.5) is 4.39 Å². The smallest absolute Gasteiger partial charge is 0.170 e. The summed E-state index contributed by atoms with van der Waals surface area (Å²) in [6, 6.07) is 4.70. The van der Waals surface area contributed by atoms with Crippen molar-refractivity contribution in [3.8, 4) is 0 Å². The highest BCUT2D eigenvalue weighted by molar-refractivity contribution is 9.10. The van der Waals surface area contributed by atoms with Crippen LogP contribution < -0.4 is 0 Å². The normalized spacial score (nSPS) is 25.0. The predicted molar refractivity (Wildman–Crippen MR) is 82.9 cm³/mol. The zero-order valence-electron chi connectivity index (χ0n) is 12.0. The molecule has 1 spiro atoms. The monoisotopic (exact) mass is 354 g/mol. The van der Waals surface area contributed by atoms with Gasteiger partial charge in [0.1, 0.15) is 5.82 Å². The standard InChI is InChI=1S/C17H20BrFO2/c18-13-5-4-6-14(19)15(13)16(20)12-7-10-21-17(11-12)8-2-1-3-9-17/h4-6,12H,1-3,7-11H2. The van der Waals surface area contributed by atoms with E-state index in [1.165, 1.54) is 25.3 Å². The molecular weight excluding hydrogens is 335 g/mol. The van der Waals surface area contributed by atoms with E-state index in [0.29, 0.717) is 17.5 Å². The molecule has 21 heavy (non-hydrogen) atoms. The van der Waals surface area contributed by atoms with E-state index in [0.717, 1.165) is 19.3 Å². The Balaban J connectivity index is 1.81. The Labute approximate surface area is 133 Å². The Bertz CT molecular complexity index is 512. The van der Waals surface area contributed by atoms with Gasteiger partial charge in [0.2, 0.25) is 0 Å². The van der Waals surface area contributed by atoms with E-state index < -0.39 is 5.82 Å². The highest BCUT2D eigenvalue weighted by atomic mass is 79.9. The quantitative estimate of drug-likeness (QED) is 0.706. The van der Waals surface area contributed by atoms with E-state index in [2.05, 4.69) is 15.9 Å². The SMILES string of the molecule is O=C(c1c(F)cccc1Br)C1CCOC2(CCCCC2)C1. The third kappa shape index (κ3) is 3.07. The van der Waals surface area contributed by atoms with Crippen LogP contribution in [0.2, 0.25) is 0 Å². The van der Waals surface area contributed by atoms with Gasteiger partial charge in [0.15, 0.2) is 5.78 Å². The van der Waals surface area contributed by atoms with Crippen LogP contribution >= 0.6 is 15.9 Å². The van der Waals surface area contributed by atoms with Gasteiger partial charge >= 0.3 is 0 Å². The second-order valence-corrected chi connectivity index (χ2v) is 7.10. The summed E-state index contributed by atoms with van der Waals surface area (Å²) in [5.41, 5.74) is 0.0736. The molecule has 1 heterocycles. The lowest BCUT2D eigenvalue weighted by Gasteiger charge is -2.43. The molecule has 0 aromatic heterocycles. The van der Waals surface area contributed by atoms with Gasteiger partial charge in [-0.3, -0.25) is 4.79 Å². The van der Waals surface area contributed by atoms with Gasteiger partial charge in [-0.25, -0.2) is 4.39 Å². The van der Waals surface area contributed by atoms with Gasteiger partial charge in [-0.15, -0.1) is 0 Å². The zero-order valence-corrected chi connectivity index (χ0v) is 13.6. The van der Waals surface area contributed by atoms with Crippen LogP contribution in [0.15, 0.2) is 22.7 Å². The summed E-state index contributed by atoms with van der Waals surface area (Å²) < 4.78 is 20.6. The van der Waals surface area contributed by atoms with Crippen molar-refractivity contribution in [1.29, 1.82) is 0 Å². The van der Waals surface area contributed by atoms with Gasteiger partial charge in [0.25, 0.3) is 0 Å². The number of carbonyl (C=O) groups excluding carboxylic acids is 1. The minimum Gasteiger partial charge on any atom is -0.375 e. The molecule has 2 nitrogen and oxygen atoms in total. The van der Waals surface area contributed by atoms with Crippen molar-refractivity contribution in [1.82, 2.24) is 0 Å². The van der Waals surface area contributed by atoms with E-state index in [1.807, 2.05) is 0 Å². The highest BCUT2D eigenvalue weighted by Crippen LogP contribution is 2.42. The minimum absolute atomic E-state index is 0.0757. The van der Waals surface area contributed by atoms with Crippen molar-refractivity contribution in [3.63, 3.8) is 0 Å². The summed E-state index contributed by atoms with van der Waals surface area (Å²) in [7, 11) is 0. The molecule has 1 unspecified atom stereocenters. The molecule has 4 heteroatoms. The van der Waals surface area contributed by atoms with Gasteiger partial charge in [0.05, 0.1) is 11.2 Å². The molecule has 0 bridgehead atoms. The van der Waals surface area contributed by atoms with Crippen LogP contribution in [0.5, 0.6) is 0 Å². The number of rotatable bonds is 2. The van der Waals surface area contributed by atoms with Crippen molar-refractivity contribution in [2.45, 2.75) is 50.5 Å². The molecule has 1 saturated heterocycles. The van der Waals surface area contributed by atoms with Crippen molar-refractivity contribution in [2.24, 2.45) is 5.92 Å². The van der Waals surface area contributed by atoms with Crippen LogP contribution in [0, 0.1) is 11.7 Å². The first-order valence-corrected chi connectivity index (χ1v) is 8.53. The molecule has 0 amide bonds. The summed E-state index contributed by atoms with van der Waals surface area (Å²) in [5.74, 6) is -0.628. The fourth-order valence-corrected chi connectivity index (χ4v) is 4.27. The number of halogens is 2. The molecule has 1 aromatic rings. The summed E-state index contributed by atoms with van der Waals surface area (Å²) in [6.07, 6.45) is 7.11. The Morgan fingerprint density at radius 2 is 2.05 bits per heavy atom. The van der Waals surface area contributed by atoms with Gasteiger partial charge in [-0.05, 0) is 53.7 Å². The Morgan fingerprint density at radius 1 is 1.29 bits per heavy atom. The number of Topliss-reactive ketones (excluding diaryl/α,β-unsaturated/α-hetero) is 1. The molecule has 1 aliphatic heterocycles. The van der Waals surface area contributed by atoms with E-state index in [4.69, 9.17) is 4.74 Å². The summed E-state index contributed by atoms with van der Waals surface area (Å²) >= 11 is 3.31. The summed E-state index contributed by atoms with van der Waals surface area (Å²) in [6.45, 7) is 0.614. The van der Waals surface area contributed by atoms with Crippen LogP contribution in [0.25, 0.3) is 0 Å². The molecule has 114 valence electrons. The third-order valence-corrected chi connectivity index (χ3v) is 5.50. The summed E-state index contributed by atoms with van der Waals surface area (Å²) in [5, 5.41) is 0. The average Bonchev–Trinajstić information content (AvgIpc) is 2.48. The maximum absolute atomic E-state index is 14.0. The maximum atomic E-state index is 14.0. The second kappa shape index (κ2) is 6.17. The van der Waals surface area contributed by atoms with Gasteiger partial charge < -0.3 is 4.74 Å². The van der Waals surface area contributed by atoms with Crippen LogP contribution in [0.3, 0.4) is 0 Å². The molecule has 0 N–H and O–H groups in total. The lowest BCUT2D eigenvalue weighted by atomic mass is 9.74. The first-order valence-electron chi connectivity index (χ1n) is 7.73. The number of ether oxygens (including phenoxy) is 1. The molecule has 1 aromatic carbocycles. The Hall–Kier alpha value is -0.740. The molecule has 0 radical (unpaired) electrons. The van der Waals surface area contributed by atoms with Gasteiger partial charge in [0, 0.05) is 17.0 Å². The minimum atomic E-state index is -0.432. The van der Waals surface area contributed by atoms with Crippen molar-refractivity contribution in [2.75, 3.05) is 6.61 Å². The van der Waals surface area contributed by atoms with Crippen molar-refractivity contribution in [3.05, 3.63) is 34.1 Å². The lowest BCUT2D eigenvalue weighted by Crippen LogP contribution is -2.43. The van der Waals surface area contributed by atoms with Crippen LogP contribution in [-0.4, -0.2) is 18.0 Å². The Morgan fingerprint density at radius 3 is 2.76 bits per heavy atom. The second-order valence-electron chi connectivity index (χ2n) is 6.24. The topological polar surface area (TPSA) is 26.3 Å². The van der Waals surface area contributed by atoms with E-state index in [1.54, 1.807) is 12.1 Å². The molecule has 1 saturated carbocycles. The fraction of sp³-hybridized carbons (Fsp3) is 0.588. The number of hydrogen-bond donors (Lipinski definition) is 0. The predicted octanol–water partition coefficient (Wildman–Crippen LogP) is 4.90. The van der Waals surface area contributed by atoms with Crippen LogP contribution in [0.1, 0.15) is 55.3 Å². The number of ketones is 1. The number of benzene rings is 1. The molecular formula is C17H20BrFO2. The van der Waals surface area contributed by atoms with Gasteiger partial charge in [-0.2, -0.15) is 0 Å². The van der Waals surface area contributed by atoms with Crippen molar-refractivity contribution >= 4 is 21.7 Å². The lowest BCUT2D eigenvalue weighted by molar-refractivity contribution is -0.111. The third-order valence-electron chi connectivity index (χ3n) is 4.84. The molecule has 2 aliphatic rings. The van der Waals surface area contributed by atoms with Crippen LogP contribution in [-0.2, 0) is 4.74 Å².